The van der Waals surface area contributed by atoms with Gasteiger partial charge in [-0.3, -0.25) is 9.59 Å². The Balaban J connectivity index is 2.01. The summed E-state index contributed by atoms with van der Waals surface area (Å²) in [5, 5.41) is 4.93. The van der Waals surface area contributed by atoms with E-state index in [1.807, 2.05) is 5.32 Å². The summed E-state index contributed by atoms with van der Waals surface area (Å²) in [4.78, 5) is 28.6. The van der Waals surface area contributed by atoms with Gasteiger partial charge in [0.1, 0.15) is 11.3 Å². The van der Waals surface area contributed by atoms with Gasteiger partial charge in [0, 0.05) is 31.1 Å². The van der Waals surface area contributed by atoms with Gasteiger partial charge in [0.15, 0.2) is 6.04 Å². The molecule has 0 radical (unpaired) electrons. The van der Waals surface area contributed by atoms with Crippen molar-refractivity contribution in [1.29, 1.82) is 0 Å². The number of aromatic nitrogens is 2. The number of aryl methyl sites for hydroxylation is 2. The van der Waals surface area contributed by atoms with E-state index in [0.717, 1.165) is 12.1 Å². The molecule has 1 aromatic carbocycles. The van der Waals surface area contributed by atoms with Crippen molar-refractivity contribution < 1.29 is 35.9 Å². The third-order valence-electron chi connectivity index (χ3n) is 5.39. The third kappa shape index (κ3) is 5.75. The first-order valence-electron chi connectivity index (χ1n) is 10.5. The molecule has 12 heteroatoms. The van der Waals surface area contributed by atoms with E-state index in [0.29, 0.717) is 34.4 Å². The molecule has 2 amide bonds. The lowest BCUT2D eigenvalue weighted by atomic mass is 10.0. The Morgan fingerprint density at radius 2 is 1.77 bits per heavy atom. The standard InChI is InChI=1S/C23H22F6N4O2/c1-4-33-18(10-15-8-16(11-30-13(3)34)12(2)31-20(15)33)21(35)32-19(23(27,28)29)14-6-5-7-17(9-14)22(24,25)26/h5-10,19H,4,11H2,1-3H3,(H,30,34)(H,32,35). The molecule has 3 aromatic rings. The molecule has 0 fully saturated rings. The molecule has 0 spiro atoms. The maximum atomic E-state index is 13.8. The number of pyridine rings is 1. The summed E-state index contributed by atoms with van der Waals surface area (Å²) in [5.74, 6) is -1.38. The number of hydrogen-bond donors (Lipinski definition) is 2. The van der Waals surface area contributed by atoms with Crippen LogP contribution in [0.4, 0.5) is 26.3 Å². The van der Waals surface area contributed by atoms with Crippen molar-refractivity contribution in [1.82, 2.24) is 20.2 Å². The first kappa shape index (κ1) is 26.0. The van der Waals surface area contributed by atoms with Crippen molar-refractivity contribution in [2.24, 2.45) is 0 Å². The van der Waals surface area contributed by atoms with Crippen LogP contribution in [0.2, 0.25) is 0 Å². The highest BCUT2D eigenvalue weighted by Gasteiger charge is 2.43. The summed E-state index contributed by atoms with van der Waals surface area (Å²) in [6.07, 6.45) is -9.90. The predicted octanol–water partition coefficient (Wildman–Crippen LogP) is 5.05. The molecule has 0 bridgehead atoms. The number of alkyl halides is 6. The lowest BCUT2D eigenvalue weighted by molar-refractivity contribution is -0.156. The minimum Gasteiger partial charge on any atom is -0.352 e. The van der Waals surface area contributed by atoms with E-state index in [1.165, 1.54) is 17.6 Å². The summed E-state index contributed by atoms with van der Waals surface area (Å²) < 4.78 is 81.9. The topological polar surface area (TPSA) is 76.0 Å². The summed E-state index contributed by atoms with van der Waals surface area (Å²) in [7, 11) is 0. The number of nitrogens with zero attached hydrogens (tertiary/aromatic N) is 2. The van der Waals surface area contributed by atoms with E-state index in [1.54, 1.807) is 19.9 Å². The van der Waals surface area contributed by atoms with Crippen molar-refractivity contribution >= 4 is 22.8 Å². The number of rotatable bonds is 6. The first-order chi connectivity index (χ1) is 16.2. The molecule has 2 heterocycles. The van der Waals surface area contributed by atoms with Crippen LogP contribution in [0.1, 0.15) is 52.8 Å². The Hall–Kier alpha value is -3.57. The van der Waals surface area contributed by atoms with Gasteiger partial charge in [-0.15, -0.1) is 0 Å². The van der Waals surface area contributed by atoms with Crippen molar-refractivity contribution in [2.45, 2.75) is 52.3 Å². The molecule has 188 valence electrons. The van der Waals surface area contributed by atoms with Crippen LogP contribution in [-0.4, -0.2) is 27.5 Å². The zero-order valence-corrected chi connectivity index (χ0v) is 18.9. The molecule has 0 saturated heterocycles. The molecule has 1 unspecified atom stereocenters. The zero-order chi connectivity index (χ0) is 26.1. The summed E-state index contributed by atoms with van der Waals surface area (Å²) in [5.41, 5.74) is -0.566. The molecule has 35 heavy (non-hydrogen) atoms. The molecule has 1 atom stereocenters. The fourth-order valence-corrected chi connectivity index (χ4v) is 3.67. The maximum absolute atomic E-state index is 13.8. The van der Waals surface area contributed by atoms with E-state index in [9.17, 15) is 35.9 Å². The van der Waals surface area contributed by atoms with Crippen LogP contribution < -0.4 is 10.6 Å². The number of fused-ring (bicyclic) bond motifs is 1. The van der Waals surface area contributed by atoms with E-state index in [2.05, 4.69) is 10.3 Å². The summed E-state index contributed by atoms with van der Waals surface area (Å²) in [6.45, 7) is 5.08. The Bertz CT molecular complexity index is 1260. The number of carbonyl (C=O) groups is 2. The fraction of sp³-hybridized carbons (Fsp3) is 0.348. The van der Waals surface area contributed by atoms with Crippen LogP contribution in [0.25, 0.3) is 11.0 Å². The number of halogens is 6. The number of hydrogen-bond acceptors (Lipinski definition) is 3. The molecule has 3 rings (SSSR count). The van der Waals surface area contributed by atoms with E-state index < -0.39 is 35.4 Å². The smallest absolute Gasteiger partial charge is 0.352 e. The Kier molecular flexibility index (Phi) is 7.13. The van der Waals surface area contributed by atoms with Crippen LogP contribution in [-0.2, 0) is 24.1 Å². The van der Waals surface area contributed by atoms with Gasteiger partial charge in [-0.1, -0.05) is 12.1 Å². The average Bonchev–Trinajstić information content (AvgIpc) is 3.11. The quantitative estimate of drug-likeness (QED) is 0.465. The monoisotopic (exact) mass is 500 g/mol. The van der Waals surface area contributed by atoms with Gasteiger partial charge in [-0.2, -0.15) is 26.3 Å². The zero-order valence-electron chi connectivity index (χ0n) is 18.9. The molecule has 2 N–H and O–H groups in total. The largest absolute Gasteiger partial charge is 0.416 e. The highest BCUT2D eigenvalue weighted by atomic mass is 19.4. The molecule has 2 aromatic heterocycles. The van der Waals surface area contributed by atoms with Gasteiger partial charge in [-0.05, 0) is 49.2 Å². The van der Waals surface area contributed by atoms with Crippen LogP contribution in [0.15, 0.2) is 36.4 Å². The van der Waals surface area contributed by atoms with Crippen molar-refractivity contribution in [3.8, 4) is 0 Å². The molecule has 0 aliphatic carbocycles. The molecular formula is C23H22F6N4O2. The SMILES string of the molecule is CCn1c(C(=O)NC(c2cccc(C(F)(F)F)c2)C(F)(F)F)cc2cc(CNC(C)=O)c(C)nc21. The second-order valence-electron chi connectivity index (χ2n) is 7.90. The minimum atomic E-state index is -5.05. The van der Waals surface area contributed by atoms with E-state index in [4.69, 9.17) is 0 Å². The van der Waals surface area contributed by atoms with Gasteiger partial charge in [0.25, 0.3) is 5.91 Å². The van der Waals surface area contributed by atoms with Gasteiger partial charge in [0.05, 0.1) is 5.56 Å². The van der Waals surface area contributed by atoms with Crippen LogP contribution in [0.3, 0.4) is 0 Å². The van der Waals surface area contributed by atoms with E-state index >= 15 is 0 Å². The Labute approximate surface area is 196 Å². The predicted molar refractivity (Wildman–Crippen MR) is 115 cm³/mol. The highest BCUT2D eigenvalue weighted by Crippen LogP contribution is 2.36. The lowest BCUT2D eigenvalue weighted by Crippen LogP contribution is -2.39. The van der Waals surface area contributed by atoms with Crippen molar-refractivity contribution in [3.05, 3.63) is 64.5 Å². The Morgan fingerprint density at radius 1 is 1.09 bits per heavy atom. The van der Waals surface area contributed by atoms with Gasteiger partial charge in [-0.25, -0.2) is 4.98 Å². The molecule has 0 aliphatic rings. The molecular weight excluding hydrogens is 478 g/mol. The summed E-state index contributed by atoms with van der Waals surface area (Å²) >= 11 is 0. The number of nitrogens with one attached hydrogen (secondary N) is 2. The van der Waals surface area contributed by atoms with Crippen molar-refractivity contribution in [3.63, 3.8) is 0 Å². The van der Waals surface area contributed by atoms with Gasteiger partial charge < -0.3 is 15.2 Å². The summed E-state index contributed by atoms with van der Waals surface area (Å²) in [6, 6.07) is 3.12. The Morgan fingerprint density at radius 3 is 2.34 bits per heavy atom. The second-order valence-corrected chi connectivity index (χ2v) is 7.90. The molecule has 6 nitrogen and oxygen atoms in total. The molecule has 0 aliphatic heterocycles. The number of amides is 2. The van der Waals surface area contributed by atoms with Crippen molar-refractivity contribution in [2.75, 3.05) is 0 Å². The van der Waals surface area contributed by atoms with Crippen LogP contribution in [0.5, 0.6) is 0 Å². The number of benzene rings is 1. The average molecular weight is 500 g/mol. The van der Waals surface area contributed by atoms with Crippen LogP contribution in [0, 0.1) is 6.92 Å². The second kappa shape index (κ2) is 9.59. The van der Waals surface area contributed by atoms with Gasteiger partial charge >= 0.3 is 12.4 Å². The van der Waals surface area contributed by atoms with Gasteiger partial charge in [0.2, 0.25) is 5.91 Å². The normalized spacial score (nSPS) is 13.1. The first-order valence-corrected chi connectivity index (χ1v) is 10.5. The molecule has 0 saturated carbocycles. The fourth-order valence-electron chi connectivity index (χ4n) is 3.67. The van der Waals surface area contributed by atoms with E-state index in [-0.39, 0.29) is 24.7 Å². The third-order valence-corrected chi connectivity index (χ3v) is 5.39. The lowest BCUT2D eigenvalue weighted by Gasteiger charge is -2.23. The van der Waals surface area contributed by atoms with Crippen LogP contribution >= 0.6 is 0 Å². The number of carbonyl (C=O) groups excluding carboxylic acids is 2. The maximum Gasteiger partial charge on any atom is 0.416 e. The minimum absolute atomic E-state index is 0.132. The highest BCUT2D eigenvalue weighted by molar-refractivity contribution is 5.98.